The number of rotatable bonds is 7. The second-order valence-electron chi connectivity index (χ2n) is 7.17. The van der Waals surface area contributed by atoms with E-state index in [1.807, 2.05) is 12.1 Å². The standard InChI is InChI=1S/C24H30O/c1-3-4-5-6-19-7-9-20(10-8-19)21-11-13-22(14-12-21)23-15-17-24(25-2)18-16-23/h9,11-19H,3-8,10H2,1-2H3. The molecule has 0 fully saturated rings. The summed E-state index contributed by atoms with van der Waals surface area (Å²) in [6.45, 7) is 2.29. The van der Waals surface area contributed by atoms with E-state index in [9.17, 15) is 0 Å². The van der Waals surface area contributed by atoms with Crippen LogP contribution >= 0.6 is 0 Å². The van der Waals surface area contributed by atoms with Crippen LogP contribution in [0, 0.1) is 5.92 Å². The molecule has 1 aliphatic carbocycles. The fraction of sp³-hybridized carbons (Fsp3) is 0.417. The van der Waals surface area contributed by atoms with Gasteiger partial charge in [-0.2, -0.15) is 0 Å². The second-order valence-corrected chi connectivity index (χ2v) is 7.17. The summed E-state index contributed by atoms with van der Waals surface area (Å²) < 4.78 is 5.24. The lowest BCUT2D eigenvalue weighted by atomic mass is 9.83. The van der Waals surface area contributed by atoms with Gasteiger partial charge < -0.3 is 4.74 Å². The number of allylic oxidation sites excluding steroid dienone is 2. The van der Waals surface area contributed by atoms with E-state index in [1.54, 1.807) is 7.11 Å². The molecule has 132 valence electrons. The molecule has 1 atom stereocenters. The summed E-state index contributed by atoms with van der Waals surface area (Å²) in [6, 6.07) is 17.3. The van der Waals surface area contributed by atoms with Crippen LogP contribution in [-0.2, 0) is 0 Å². The first-order valence-electron chi connectivity index (χ1n) is 9.74. The quantitative estimate of drug-likeness (QED) is 0.489. The molecule has 0 N–H and O–H groups in total. The summed E-state index contributed by atoms with van der Waals surface area (Å²) >= 11 is 0. The van der Waals surface area contributed by atoms with Gasteiger partial charge in [-0.3, -0.25) is 0 Å². The van der Waals surface area contributed by atoms with Crippen molar-refractivity contribution in [3.8, 4) is 16.9 Å². The predicted molar refractivity (Wildman–Crippen MR) is 108 cm³/mol. The van der Waals surface area contributed by atoms with E-state index < -0.39 is 0 Å². The summed E-state index contributed by atoms with van der Waals surface area (Å²) in [5.74, 6) is 1.81. The number of benzene rings is 2. The smallest absolute Gasteiger partial charge is 0.118 e. The van der Waals surface area contributed by atoms with E-state index in [0.29, 0.717) is 0 Å². The van der Waals surface area contributed by atoms with Crippen LogP contribution in [0.4, 0.5) is 0 Å². The number of hydrogen-bond donors (Lipinski definition) is 0. The number of unbranched alkanes of at least 4 members (excludes halogenated alkanes) is 2. The molecular formula is C24H30O. The first-order valence-corrected chi connectivity index (χ1v) is 9.74. The van der Waals surface area contributed by atoms with Crippen LogP contribution in [0.15, 0.2) is 54.6 Å². The third kappa shape index (κ3) is 4.75. The Morgan fingerprint density at radius 3 is 2.08 bits per heavy atom. The highest BCUT2D eigenvalue weighted by Gasteiger charge is 2.15. The molecule has 0 heterocycles. The lowest BCUT2D eigenvalue weighted by molar-refractivity contribution is 0.415. The number of ether oxygens (including phenoxy) is 1. The van der Waals surface area contributed by atoms with Crippen molar-refractivity contribution >= 4 is 5.57 Å². The summed E-state index contributed by atoms with van der Waals surface area (Å²) in [7, 11) is 1.70. The van der Waals surface area contributed by atoms with Crippen LogP contribution in [0.5, 0.6) is 5.75 Å². The van der Waals surface area contributed by atoms with Gasteiger partial charge in [0.1, 0.15) is 5.75 Å². The molecule has 0 bridgehead atoms. The molecule has 25 heavy (non-hydrogen) atoms. The molecule has 1 nitrogen and oxygen atoms in total. The van der Waals surface area contributed by atoms with E-state index in [2.05, 4.69) is 49.4 Å². The molecule has 1 aliphatic rings. The fourth-order valence-electron chi connectivity index (χ4n) is 3.76. The Balaban J connectivity index is 1.62. The number of methoxy groups -OCH3 is 1. The third-order valence-corrected chi connectivity index (χ3v) is 5.41. The molecule has 0 saturated carbocycles. The zero-order valence-corrected chi connectivity index (χ0v) is 15.6. The Bertz CT molecular complexity index is 679. The normalized spacial score (nSPS) is 17.2. The van der Waals surface area contributed by atoms with E-state index >= 15 is 0 Å². The average Bonchev–Trinajstić information content (AvgIpc) is 2.69. The topological polar surface area (TPSA) is 9.23 Å². The fourth-order valence-corrected chi connectivity index (χ4v) is 3.76. The molecule has 0 amide bonds. The summed E-state index contributed by atoms with van der Waals surface area (Å²) in [6.07, 6.45) is 11.9. The zero-order valence-electron chi connectivity index (χ0n) is 15.6. The van der Waals surface area contributed by atoms with Gasteiger partial charge in [0.2, 0.25) is 0 Å². The Hall–Kier alpha value is -2.02. The van der Waals surface area contributed by atoms with Gasteiger partial charge in [-0.1, -0.05) is 75.1 Å². The minimum Gasteiger partial charge on any atom is -0.497 e. The third-order valence-electron chi connectivity index (χ3n) is 5.41. The monoisotopic (exact) mass is 334 g/mol. The van der Waals surface area contributed by atoms with E-state index in [4.69, 9.17) is 4.74 Å². The largest absolute Gasteiger partial charge is 0.497 e. The van der Waals surface area contributed by atoms with Gasteiger partial charge in [0.15, 0.2) is 0 Å². The molecule has 2 aromatic carbocycles. The lowest BCUT2D eigenvalue weighted by Crippen LogP contribution is -2.05. The van der Waals surface area contributed by atoms with Crippen LogP contribution in [-0.4, -0.2) is 7.11 Å². The first-order chi connectivity index (χ1) is 12.3. The molecule has 0 saturated heterocycles. The average molecular weight is 335 g/mol. The summed E-state index contributed by atoms with van der Waals surface area (Å²) in [5, 5.41) is 0. The van der Waals surface area contributed by atoms with Gasteiger partial charge in [-0.05, 0) is 59.6 Å². The Kier molecular flexibility index (Phi) is 6.33. The zero-order chi connectivity index (χ0) is 17.5. The van der Waals surface area contributed by atoms with Crippen molar-refractivity contribution in [2.75, 3.05) is 7.11 Å². The predicted octanol–water partition coefficient (Wildman–Crippen LogP) is 7.13. The molecule has 0 aromatic heterocycles. The molecule has 1 unspecified atom stereocenters. The van der Waals surface area contributed by atoms with Crippen LogP contribution < -0.4 is 4.74 Å². The van der Waals surface area contributed by atoms with E-state index in [1.165, 1.54) is 67.2 Å². The molecule has 0 aliphatic heterocycles. The Labute approximate surface area is 152 Å². The molecule has 3 rings (SSSR count). The first kappa shape index (κ1) is 17.8. The highest BCUT2D eigenvalue weighted by Crippen LogP contribution is 2.33. The van der Waals surface area contributed by atoms with Crippen LogP contribution in [0.2, 0.25) is 0 Å². The maximum Gasteiger partial charge on any atom is 0.118 e. The molecule has 0 radical (unpaired) electrons. The Morgan fingerprint density at radius 1 is 0.880 bits per heavy atom. The van der Waals surface area contributed by atoms with Gasteiger partial charge in [-0.15, -0.1) is 0 Å². The molecular weight excluding hydrogens is 304 g/mol. The van der Waals surface area contributed by atoms with Gasteiger partial charge >= 0.3 is 0 Å². The number of hydrogen-bond acceptors (Lipinski definition) is 1. The molecule has 2 aromatic rings. The van der Waals surface area contributed by atoms with Gasteiger partial charge in [0.25, 0.3) is 0 Å². The van der Waals surface area contributed by atoms with Crippen LogP contribution in [0.25, 0.3) is 16.7 Å². The van der Waals surface area contributed by atoms with E-state index in [-0.39, 0.29) is 0 Å². The van der Waals surface area contributed by atoms with Crippen molar-refractivity contribution in [2.24, 2.45) is 5.92 Å². The van der Waals surface area contributed by atoms with Crippen molar-refractivity contribution in [1.29, 1.82) is 0 Å². The van der Waals surface area contributed by atoms with Crippen molar-refractivity contribution in [3.63, 3.8) is 0 Å². The van der Waals surface area contributed by atoms with Crippen LogP contribution in [0.3, 0.4) is 0 Å². The van der Waals surface area contributed by atoms with E-state index in [0.717, 1.165) is 11.7 Å². The Morgan fingerprint density at radius 2 is 1.52 bits per heavy atom. The minimum atomic E-state index is 0.904. The highest BCUT2D eigenvalue weighted by molar-refractivity contribution is 5.71. The van der Waals surface area contributed by atoms with Crippen LogP contribution in [0.1, 0.15) is 57.4 Å². The van der Waals surface area contributed by atoms with Crippen molar-refractivity contribution in [1.82, 2.24) is 0 Å². The van der Waals surface area contributed by atoms with Gasteiger partial charge in [-0.25, -0.2) is 0 Å². The minimum absolute atomic E-state index is 0.904. The molecule has 1 heteroatoms. The molecule has 0 spiro atoms. The SMILES string of the molecule is CCCCCC1CC=C(c2ccc(-c3ccc(OC)cc3)cc2)CC1. The van der Waals surface area contributed by atoms with Crippen molar-refractivity contribution in [3.05, 3.63) is 60.2 Å². The second kappa shape index (κ2) is 8.89. The maximum atomic E-state index is 5.24. The highest BCUT2D eigenvalue weighted by atomic mass is 16.5. The lowest BCUT2D eigenvalue weighted by Gasteiger charge is -2.22. The van der Waals surface area contributed by atoms with Gasteiger partial charge in [0.05, 0.1) is 7.11 Å². The summed E-state index contributed by atoms with van der Waals surface area (Å²) in [5.41, 5.74) is 5.43. The van der Waals surface area contributed by atoms with Crippen molar-refractivity contribution < 1.29 is 4.74 Å². The summed E-state index contributed by atoms with van der Waals surface area (Å²) in [4.78, 5) is 0. The van der Waals surface area contributed by atoms with Crippen molar-refractivity contribution in [2.45, 2.75) is 51.9 Å². The van der Waals surface area contributed by atoms with Gasteiger partial charge in [0, 0.05) is 0 Å². The maximum absolute atomic E-state index is 5.24.